The van der Waals surface area contributed by atoms with Gasteiger partial charge in [-0.25, -0.2) is 4.98 Å². The van der Waals surface area contributed by atoms with Crippen molar-refractivity contribution in [1.82, 2.24) is 9.97 Å². The number of halogens is 1. The van der Waals surface area contributed by atoms with Crippen molar-refractivity contribution in [1.29, 1.82) is 0 Å². The van der Waals surface area contributed by atoms with E-state index in [1.54, 1.807) is 0 Å². The van der Waals surface area contributed by atoms with Crippen molar-refractivity contribution in [3.8, 4) is 0 Å². The van der Waals surface area contributed by atoms with E-state index in [9.17, 15) is 0 Å². The monoisotopic (exact) mass is 174 g/mol. The summed E-state index contributed by atoms with van der Waals surface area (Å²) in [5, 5.41) is 0. The highest BCUT2D eigenvalue weighted by molar-refractivity contribution is 9.10. The van der Waals surface area contributed by atoms with Crippen molar-refractivity contribution >= 4 is 15.9 Å². The zero-order chi connectivity index (χ0) is 6.15. The van der Waals surface area contributed by atoms with E-state index in [4.69, 9.17) is 0 Å². The summed E-state index contributed by atoms with van der Waals surface area (Å²) in [6.45, 7) is 3.96. The van der Waals surface area contributed by atoms with Crippen molar-refractivity contribution in [3.63, 3.8) is 0 Å². The Kier molecular flexibility index (Phi) is 1.38. The van der Waals surface area contributed by atoms with E-state index < -0.39 is 0 Å². The highest BCUT2D eigenvalue weighted by atomic mass is 79.9. The molecule has 3 heteroatoms. The van der Waals surface area contributed by atoms with Crippen molar-refractivity contribution in [2.45, 2.75) is 13.8 Å². The van der Waals surface area contributed by atoms with Gasteiger partial charge in [0.1, 0.15) is 0 Å². The van der Waals surface area contributed by atoms with Crippen molar-refractivity contribution in [2.75, 3.05) is 0 Å². The summed E-state index contributed by atoms with van der Waals surface area (Å²) in [4.78, 5) is 7.08. The van der Waals surface area contributed by atoms with E-state index >= 15 is 0 Å². The molecule has 0 bridgehead atoms. The fourth-order valence-electron chi connectivity index (χ4n) is 0.504. The van der Waals surface area contributed by atoms with Crippen LogP contribution in [0.25, 0.3) is 0 Å². The van der Waals surface area contributed by atoms with Crippen LogP contribution in [0.3, 0.4) is 0 Å². The summed E-state index contributed by atoms with van der Waals surface area (Å²) < 4.78 is 0.813. The van der Waals surface area contributed by atoms with Crippen LogP contribution in [0.2, 0.25) is 0 Å². The van der Waals surface area contributed by atoms with Gasteiger partial charge in [0.2, 0.25) is 0 Å². The third-order valence-corrected chi connectivity index (χ3v) is 1.47. The second-order valence-electron chi connectivity index (χ2n) is 1.74. The lowest BCUT2D eigenvalue weighted by Gasteiger charge is -1.78. The molecule has 0 aromatic carbocycles. The molecule has 0 saturated heterocycles. The summed E-state index contributed by atoms with van der Waals surface area (Å²) in [6, 6.07) is 0. The second kappa shape index (κ2) is 1.90. The summed E-state index contributed by atoms with van der Waals surface area (Å²) in [5.41, 5.74) is 2.17. The Labute approximate surface area is 56.5 Å². The normalized spacial score (nSPS) is 9.88. The molecule has 2 nitrogen and oxygen atoms in total. The van der Waals surface area contributed by atoms with Gasteiger partial charge in [-0.05, 0) is 29.8 Å². The van der Waals surface area contributed by atoms with Gasteiger partial charge in [0.05, 0.1) is 5.69 Å². The van der Waals surface area contributed by atoms with Crippen LogP contribution in [0, 0.1) is 13.8 Å². The van der Waals surface area contributed by atoms with Crippen LogP contribution in [0.15, 0.2) is 4.73 Å². The Bertz CT molecular complexity index is 173. The van der Waals surface area contributed by atoms with Gasteiger partial charge in [0.25, 0.3) is 0 Å². The maximum absolute atomic E-state index is 4.07. The highest BCUT2D eigenvalue weighted by Crippen LogP contribution is 2.07. The molecule has 8 heavy (non-hydrogen) atoms. The minimum Gasteiger partial charge on any atom is -0.336 e. The summed E-state index contributed by atoms with van der Waals surface area (Å²) in [5.74, 6) is 0. The number of hydrogen-bond acceptors (Lipinski definition) is 1. The molecule has 0 aliphatic rings. The Balaban J connectivity index is 3.14. The van der Waals surface area contributed by atoms with E-state index in [1.165, 1.54) is 0 Å². The van der Waals surface area contributed by atoms with Crippen LogP contribution in [0.5, 0.6) is 0 Å². The minimum atomic E-state index is 0.813. The number of nitrogens with one attached hydrogen (secondary N) is 1. The molecule has 0 spiro atoms. The predicted octanol–water partition coefficient (Wildman–Crippen LogP) is 1.79. The first-order chi connectivity index (χ1) is 3.70. The standard InChI is InChI=1S/C5H7BrN2/c1-3-4(2)8-5(6)7-3/h1-2H3,(H,7,8). The van der Waals surface area contributed by atoms with Crippen molar-refractivity contribution in [2.24, 2.45) is 0 Å². The van der Waals surface area contributed by atoms with E-state index in [0.29, 0.717) is 0 Å². The zero-order valence-corrected chi connectivity index (χ0v) is 6.41. The van der Waals surface area contributed by atoms with Gasteiger partial charge in [0, 0.05) is 5.69 Å². The van der Waals surface area contributed by atoms with Crippen LogP contribution in [0.4, 0.5) is 0 Å². The van der Waals surface area contributed by atoms with Gasteiger partial charge in [-0.15, -0.1) is 0 Å². The van der Waals surface area contributed by atoms with Gasteiger partial charge in [0.15, 0.2) is 4.73 Å². The fourth-order valence-corrected chi connectivity index (χ4v) is 1.07. The maximum Gasteiger partial charge on any atom is 0.174 e. The summed E-state index contributed by atoms with van der Waals surface area (Å²) >= 11 is 3.22. The van der Waals surface area contributed by atoms with Gasteiger partial charge in [-0.2, -0.15) is 0 Å². The van der Waals surface area contributed by atoms with Crippen LogP contribution in [-0.2, 0) is 0 Å². The average molecular weight is 175 g/mol. The van der Waals surface area contributed by atoms with Crippen LogP contribution in [-0.4, -0.2) is 9.97 Å². The molecule has 1 rings (SSSR count). The maximum atomic E-state index is 4.07. The summed E-state index contributed by atoms with van der Waals surface area (Å²) in [7, 11) is 0. The minimum absolute atomic E-state index is 0.813. The van der Waals surface area contributed by atoms with Crippen LogP contribution in [0.1, 0.15) is 11.4 Å². The molecule has 1 N–H and O–H groups in total. The first-order valence-electron chi connectivity index (χ1n) is 2.39. The molecule has 0 amide bonds. The molecule has 44 valence electrons. The third kappa shape index (κ3) is 0.916. The van der Waals surface area contributed by atoms with Gasteiger partial charge in [-0.1, -0.05) is 0 Å². The molecular formula is C5H7BrN2. The molecule has 1 heterocycles. The largest absolute Gasteiger partial charge is 0.336 e. The number of H-pyrrole nitrogens is 1. The van der Waals surface area contributed by atoms with Crippen LogP contribution < -0.4 is 0 Å². The number of hydrogen-bond donors (Lipinski definition) is 1. The summed E-state index contributed by atoms with van der Waals surface area (Å²) in [6.07, 6.45) is 0. The van der Waals surface area contributed by atoms with Gasteiger partial charge < -0.3 is 4.98 Å². The highest BCUT2D eigenvalue weighted by Gasteiger charge is 1.95. The number of imidazole rings is 1. The molecule has 0 atom stereocenters. The quantitative estimate of drug-likeness (QED) is 0.639. The molecular weight excluding hydrogens is 168 g/mol. The average Bonchev–Trinajstić information content (AvgIpc) is 1.85. The molecule has 0 radical (unpaired) electrons. The Morgan fingerprint density at radius 1 is 1.50 bits per heavy atom. The SMILES string of the molecule is Cc1nc(Br)[nH]c1C. The lowest BCUT2D eigenvalue weighted by molar-refractivity contribution is 1.20. The van der Waals surface area contributed by atoms with Crippen LogP contribution >= 0.6 is 15.9 Å². The Morgan fingerprint density at radius 2 is 2.12 bits per heavy atom. The first-order valence-corrected chi connectivity index (χ1v) is 3.18. The third-order valence-electron chi connectivity index (χ3n) is 1.10. The van der Waals surface area contributed by atoms with E-state index in [1.807, 2.05) is 13.8 Å². The fraction of sp³-hybridized carbons (Fsp3) is 0.400. The number of aromatic amines is 1. The smallest absolute Gasteiger partial charge is 0.174 e. The number of aromatic nitrogens is 2. The lowest BCUT2D eigenvalue weighted by Crippen LogP contribution is -1.71. The Morgan fingerprint density at radius 3 is 2.25 bits per heavy atom. The van der Waals surface area contributed by atoms with E-state index in [0.717, 1.165) is 16.1 Å². The molecule has 0 unspecified atom stereocenters. The number of aryl methyl sites for hydroxylation is 2. The zero-order valence-electron chi connectivity index (χ0n) is 4.83. The Hall–Kier alpha value is -0.310. The molecule has 0 aliphatic heterocycles. The molecule has 0 saturated carbocycles. The lowest BCUT2D eigenvalue weighted by atomic mass is 10.4. The topological polar surface area (TPSA) is 28.7 Å². The van der Waals surface area contributed by atoms with E-state index in [2.05, 4.69) is 25.9 Å². The van der Waals surface area contributed by atoms with Gasteiger partial charge in [-0.3, -0.25) is 0 Å². The molecule has 0 aliphatic carbocycles. The van der Waals surface area contributed by atoms with E-state index in [-0.39, 0.29) is 0 Å². The molecule has 0 fully saturated rings. The molecule has 1 aromatic rings. The number of rotatable bonds is 0. The van der Waals surface area contributed by atoms with Gasteiger partial charge >= 0.3 is 0 Å². The first kappa shape index (κ1) is 5.82. The van der Waals surface area contributed by atoms with Crippen molar-refractivity contribution in [3.05, 3.63) is 16.1 Å². The number of nitrogens with zero attached hydrogens (tertiary/aromatic N) is 1. The van der Waals surface area contributed by atoms with Crippen molar-refractivity contribution < 1.29 is 0 Å². The molecule has 1 aromatic heterocycles. The predicted molar refractivity (Wildman–Crippen MR) is 35.8 cm³/mol. The second-order valence-corrected chi connectivity index (χ2v) is 2.49.